The maximum Gasteiger partial charge on any atom is 0.266 e. The third-order valence-electron chi connectivity index (χ3n) is 3.14. The van der Waals surface area contributed by atoms with E-state index in [9.17, 15) is 19.8 Å². The number of nitrogens with zero attached hydrogens (tertiary/aromatic N) is 1. The van der Waals surface area contributed by atoms with Gasteiger partial charge < -0.3 is 19.7 Å². The topological polar surface area (TPSA) is 89.9 Å². The predicted molar refractivity (Wildman–Crippen MR) is 93.0 cm³/mol. The van der Waals surface area contributed by atoms with Crippen LogP contribution < -0.4 is 9.84 Å². The molecule has 1 aliphatic heterocycles. The highest BCUT2D eigenvalue weighted by molar-refractivity contribution is 8.26. The SMILES string of the molecule is C=CCOc1ccccc1/C=C1\SC(=S)N([C@H](CO)C(=O)[O-])C1=O. The monoisotopic (exact) mass is 364 g/mol. The number of thiocarbonyl (C=S) groups is 1. The van der Waals surface area contributed by atoms with Crippen LogP contribution in [0.4, 0.5) is 0 Å². The molecule has 1 atom stereocenters. The molecule has 0 aromatic heterocycles. The van der Waals surface area contributed by atoms with E-state index >= 15 is 0 Å². The summed E-state index contributed by atoms with van der Waals surface area (Å²) in [6.07, 6.45) is 3.17. The second kappa shape index (κ2) is 8.09. The normalized spacial score (nSPS) is 17.2. The van der Waals surface area contributed by atoms with Crippen molar-refractivity contribution in [2.24, 2.45) is 0 Å². The predicted octanol–water partition coefficient (Wildman–Crippen LogP) is 0.563. The van der Waals surface area contributed by atoms with Gasteiger partial charge in [0.15, 0.2) is 0 Å². The number of amides is 1. The van der Waals surface area contributed by atoms with E-state index in [1.54, 1.807) is 36.4 Å². The Bertz CT molecular complexity index is 716. The quantitative estimate of drug-likeness (QED) is 0.430. The Kier molecular flexibility index (Phi) is 6.13. The first kappa shape index (κ1) is 18.2. The zero-order valence-electron chi connectivity index (χ0n) is 12.5. The van der Waals surface area contributed by atoms with Crippen LogP contribution in [0.25, 0.3) is 6.08 Å². The molecule has 0 unspecified atom stereocenters. The van der Waals surface area contributed by atoms with E-state index in [4.69, 9.17) is 17.0 Å². The molecule has 1 aromatic carbocycles. The lowest BCUT2D eigenvalue weighted by atomic mass is 10.1. The first-order valence-corrected chi connectivity index (χ1v) is 8.13. The van der Waals surface area contributed by atoms with E-state index in [2.05, 4.69) is 6.58 Å². The zero-order valence-corrected chi connectivity index (χ0v) is 14.1. The van der Waals surface area contributed by atoms with Crippen molar-refractivity contribution in [1.29, 1.82) is 0 Å². The van der Waals surface area contributed by atoms with Crippen LogP contribution in [0.1, 0.15) is 5.56 Å². The lowest BCUT2D eigenvalue weighted by Crippen LogP contribution is -2.51. The minimum absolute atomic E-state index is 0.0546. The van der Waals surface area contributed by atoms with Gasteiger partial charge >= 0.3 is 0 Å². The zero-order chi connectivity index (χ0) is 17.7. The molecule has 1 amide bonds. The molecule has 0 aliphatic carbocycles. The number of aliphatic hydroxyl groups excluding tert-OH is 1. The number of para-hydroxylation sites is 1. The third-order valence-corrected chi connectivity index (χ3v) is 4.47. The van der Waals surface area contributed by atoms with E-state index in [0.29, 0.717) is 17.9 Å². The summed E-state index contributed by atoms with van der Waals surface area (Å²) in [6, 6.07) is 5.57. The van der Waals surface area contributed by atoms with Crippen LogP contribution in [0.3, 0.4) is 0 Å². The van der Waals surface area contributed by atoms with Gasteiger partial charge in [-0.15, -0.1) is 0 Å². The number of thioether (sulfide) groups is 1. The standard InChI is InChI=1S/C16H15NO5S2/c1-2-7-22-12-6-4-3-5-10(12)8-13-14(19)17(16(23)24-13)11(9-18)15(20)21/h2-6,8,11,18H,1,7,9H2,(H,20,21)/p-1/b13-8-/t11-/m1/s1. The van der Waals surface area contributed by atoms with Gasteiger partial charge in [0, 0.05) is 5.56 Å². The van der Waals surface area contributed by atoms with Crippen molar-refractivity contribution < 1.29 is 24.5 Å². The summed E-state index contributed by atoms with van der Waals surface area (Å²) in [5, 5.41) is 20.2. The lowest BCUT2D eigenvalue weighted by Gasteiger charge is -2.25. The highest BCUT2D eigenvalue weighted by Crippen LogP contribution is 2.35. The molecule has 8 heteroatoms. The van der Waals surface area contributed by atoms with Gasteiger partial charge in [-0.05, 0) is 12.1 Å². The minimum atomic E-state index is -1.57. The van der Waals surface area contributed by atoms with Crippen molar-refractivity contribution in [3.63, 3.8) is 0 Å². The number of aliphatic hydroxyl groups is 1. The smallest absolute Gasteiger partial charge is 0.266 e. The number of carbonyl (C=O) groups is 2. The summed E-state index contributed by atoms with van der Waals surface area (Å²) in [7, 11) is 0. The van der Waals surface area contributed by atoms with E-state index in [-0.39, 0.29) is 9.23 Å². The number of hydrogen-bond acceptors (Lipinski definition) is 7. The number of hydrogen-bond donors (Lipinski definition) is 1. The van der Waals surface area contributed by atoms with Crippen LogP contribution in [-0.4, -0.2) is 45.5 Å². The number of benzene rings is 1. The van der Waals surface area contributed by atoms with Crippen molar-refractivity contribution in [3.05, 3.63) is 47.4 Å². The molecule has 1 fully saturated rings. The molecule has 1 N–H and O–H groups in total. The fraction of sp³-hybridized carbons (Fsp3) is 0.188. The second-order valence-electron chi connectivity index (χ2n) is 4.71. The van der Waals surface area contributed by atoms with Gasteiger partial charge in [0.05, 0.1) is 17.5 Å². The van der Waals surface area contributed by atoms with Crippen LogP contribution in [0.2, 0.25) is 0 Å². The summed E-state index contributed by atoms with van der Waals surface area (Å²) in [6.45, 7) is 3.11. The van der Waals surface area contributed by atoms with Gasteiger partial charge in [-0.3, -0.25) is 9.69 Å². The van der Waals surface area contributed by atoms with Gasteiger partial charge in [0.1, 0.15) is 22.7 Å². The highest BCUT2D eigenvalue weighted by Gasteiger charge is 2.37. The number of rotatable bonds is 7. The molecule has 0 spiro atoms. The summed E-state index contributed by atoms with van der Waals surface area (Å²) < 4.78 is 5.57. The first-order chi connectivity index (χ1) is 11.5. The Morgan fingerprint density at radius 1 is 1.50 bits per heavy atom. The fourth-order valence-electron chi connectivity index (χ4n) is 2.03. The molecule has 1 aromatic rings. The maximum absolute atomic E-state index is 12.4. The van der Waals surface area contributed by atoms with Crippen molar-refractivity contribution >= 4 is 46.3 Å². The van der Waals surface area contributed by atoms with Gasteiger partial charge in [-0.2, -0.15) is 0 Å². The molecule has 126 valence electrons. The Balaban J connectivity index is 2.32. The molecule has 2 rings (SSSR count). The molecule has 24 heavy (non-hydrogen) atoms. The Morgan fingerprint density at radius 2 is 2.21 bits per heavy atom. The average Bonchev–Trinajstić information content (AvgIpc) is 2.82. The molecule has 0 radical (unpaired) electrons. The molecule has 6 nitrogen and oxygen atoms in total. The van der Waals surface area contributed by atoms with Gasteiger partial charge in [-0.1, -0.05) is 54.8 Å². The molecule has 1 heterocycles. The maximum atomic E-state index is 12.4. The van der Waals surface area contributed by atoms with Crippen molar-refractivity contribution in [2.75, 3.05) is 13.2 Å². The molecular weight excluding hydrogens is 350 g/mol. The van der Waals surface area contributed by atoms with Crippen LogP contribution >= 0.6 is 24.0 Å². The summed E-state index contributed by atoms with van der Waals surface area (Å²) in [4.78, 5) is 24.6. The van der Waals surface area contributed by atoms with Crippen molar-refractivity contribution in [2.45, 2.75) is 6.04 Å². The van der Waals surface area contributed by atoms with E-state index in [0.717, 1.165) is 16.7 Å². The van der Waals surface area contributed by atoms with Crippen LogP contribution in [0.15, 0.2) is 41.8 Å². The Morgan fingerprint density at radius 3 is 2.83 bits per heavy atom. The number of carboxylic acid groups (broad SMARTS) is 1. The molecule has 0 saturated carbocycles. The lowest BCUT2D eigenvalue weighted by molar-refractivity contribution is -0.311. The van der Waals surface area contributed by atoms with Crippen molar-refractivity contribution in [1.82, 2.24) is 4.90 Å². The number of carboxylic acids is 1. The van der Waals surface area contributed by atoms with Crippen LogP contribution in [0, 0.1) is 0 Å². The third kappa shape index (κ3) is 3.84. The van der Waals surface area contributed by atoms with Crippen molar-refractivity contribution in [3.8, 4) is 5.75 Å². The van der Waals surface area contributed by atoms with E-state index < -0.39 is 24.5 Å². The van der Waals surface area contributed by atoms with Gasteiger partial charge in [0.25, 0.3) is 5.91 Å². The number of ether oxygens (including phenoxy) is 1. The molecule has 0 bridgehead atoms. The summed E-state index contributed by atoms with van der Waals surface area (Å²) in [5.41, 5.74) is 0.647. The highest BCUT2D eigenvalue weighted by atomic mass is 32.2. The summed E-state index contributed by atoms with van der Waals surface area (Å²) in [5.74, 6) is -1.60. The molecular formula is C16H14NO5S2-. The number of aliphatic carboxylic acids is 1. The Hall–Kier alpha value is -2.16. The average molecular weight is 364 g/mol. The largest absolute Gasteiger partial charge is 0.548 e. The Labute approximate surface area is 148 Å². The van der Waals surface area contributed by atoms with Crippen LogP contribution in [-0.2, 0) is 9.59 Å². The molecule has 1 saturated heterocycles. The van der Waals surface area contributed by atoms with Gasteiger partial charge in [0.2, 0.25) is 0 Å². The molecule has 1 aliphatic rings. The van der Waals surface area contributed by atoms with E-state index in [1.165, 1.54) is 0 Å². The summed E-state index contributed by atoms with van der Waals surface area (Å²) >= 11 is 6.02. The number of carbonyl (C=O) groups excluding carboxylic acids is 2. The second-order valence-corrected chi connectivity index (χ2v) is 6.38. The minimum Gasteiger partial charge on any atom is -0.548 e. The first-order valence-electron chi connectivity index (χ1n) is 6.91. The van der Waals surface area contributed by atoms with E-state index in [1.807, 2.05) is 0 Å². The fourth-order valence-corrected chi connectivity index (χ4v) is 3.38. The van der Waals surface area contributed by atoms with Crippen LogP contribution in [0.5, 0.6) is 5.75 Å². The van der Waals surface area contributed by atoms with Gasteiger partial charge in [-0.25, -0.2) is 0 Å².